The lowest BCUT2D eigenvalue weighted by atomic mass is 9.82. The number of anilines is 1. The number of carbonyl (C=O) groups is 1. The van der Waals surface area contributed by atoms with Gasteiger partial charge in [-0.3, -0.25) is 9.97 Å². The Morgan fingerprint density at radius 2 is 1.76 bits per heavy atom. The number of carboxylic acids is 1. The number of rotatable bonds is 10. The minimum absolute atomic E-state index is 0.249. The van der Waals surface area contributed by atoms with Gasteiger partial charge < -0.3 is 19.5 Å². The summed E-state index contributed by atoms with van der Waals surface area (Å²) in [6.07, 6.45) is 6.62. The zero-order valence-electron chi connectivity index (χ0n) is 23.9. The van der Waals surface area contributed by atoms with Crippen LogP contribution in [0.3, 0.4) is 0 Å². The van der Waals surface area contributed by atoms with Gasteiger partial charge in [0, 0.05) is 36.1 Å². The summed E-state index contributed by atoms with van der Waals surface area (Å²) in [6, 6.07) is 3.88. The van der Waals surface area contributed by atoms with E-state index in [1.54, 1.807) is 6.20 Å². The number of aromatic nitrogens is 2. The Bertz CT molecular complexity index is 1050. The lowest BCUT2D eigenvalue weighted by molar-refractivity contribution is -0.160. The molecule has 1 fully saturated rings. The number of carboxylic acid groups (broad SMARTS) is 1. The molecule has 7 nitrogen and oxygen atoms in total. The average Bonchev–Trinajstić information content (AvgIpc) is 2.83. The minimum Gasteiger partial charge on any atom is -0.492 e. The van der Waals surface area contributed by atoms with Crippen molar-refractivity contribution in [2.45, 2.75) is 92.8 Å². The molecule has 2 aromatic heterocycles. The number of piperidine rings is 1. The molecule has 3 rings (SSSR count). The normalized spacial score (nSPS) is 16.6. The van der Waals surface area contributed by atoms with E-state index < -0.39 is 17.7 Å². The number of hydrogen-bond donors (Lipinski definition) is 1. The topological polar surface area (TPSA) is 84.8 Å². The van der Waals surface area contributed by atoms with Gasteiger partial charge in [0.15, 0.2) is 6.10 Å². The first kappa shape index (κ1) is 28.9. The largest absolute Gasteiger partial charge is 0.492 e. The van der Waals surface area contributed by atoms with Gasteiger partial charge in [0.05, 0.1) is 29.8 Å². The molecule has 2 aromatic rings. The average molecular weight is 512 g/mol. The molecule has 1 aliphatic heterocycles. The van der Waals surface area contributed by atoms with Gasteiger partial charge >= 0.3 is 5.97 Å². The molecular weight excluding hydrogens is 466 g/mol. The maximum absolute atomic E-state index is 12.5. The van der Waals surface area contributed by atoms with Gasteiger partial charge in [-0.1, -0.05) is 40.5 Å². The van der Waals surface area contributed by atoms with Gasteiger partial charge in [0.1, 0.15) is 5.75 Å². The van der Waals surface area contributed by atoms with Gasteiger partial charge in [-0.15, -0.1) is 0 Å². The van der Waals surface area contributed by atoms with Crippen molar-refractivity contribution in [2.75, 3.05) is 24.6 Å². The third kappa shape index (κ3) is 7.44. The first-order valence-electron chi connectivity index (χ1n) is 13.6. The number of hydrogen-bond acceptors (Lipinski definition) is 6. The summed E-state index contributed by atoms with van der Waals surface area (Å²) in [6.45, 7) is 18.7. The molecule has 0 saturated carbocycles. The van der Waals surface area contributed by atoms with E-state index in [-0.39, 0.29) is 5.41 Å². The van der Waals surface area contributed by atoms with Crippen LogP contribution in [0, 0.1) is 18.3 Å². The number of aliphatic carboxylic acids is 1. The van der Waals surface area contributed by atoms with Crippen molar-refractivity contribution in [3.8, 4) is 17.0 Å². The van der Waals surface area contributed by atoms with Crippen LogP contribution >= 0.6 is 0 Å². The van der Waals surface area contributed by atoms with Crippen LogP contribution in [0.1, 0.15) is 91.5 Å². The van der Waals surface area contributed by atoms with Crippen LogP contribution in [0.15, 0.2) is 24.5 Å². The number of nitrogens with zero attached hydrogens (tertiary/aromatic N) is 3. The molecule has 0 amide bonds. The molecule has 1 unspecified atom stereocenters. The highest BCUT2D eigenvalue weighted by molar-refractivity contribution is 5.85. The zero-order chi connectivity index (χ0) is 27.4. The second-order valence-electron chi connectivity index (χ2n) is 12.0. The summed E-state index contributed by atoms with van der Waals surface area (Å²) in [7, 11) is 0. The lowest BCUT2D eigenvalue weighted by Gasteiger charge is -2.40. The fourth-order valence-electron chi connectivity index (χ4n) is 4.74. The predicted molar refractivity (Wildman–Crippen MR) is 148 cm³/mol. The smallest absolute Gasteiger partial charge is 0.337 e. The summed E-state index contributed by atoms with van der Waals surface area (Å²) in [4.78, 5) is 24.2. The molecule has 3 heterocycles. The van der Waals surface area contributed by atoms with Crippen molar-refractivity contribution in [1.29, 1.82) is 0 Å². The van der Waals surface area contributed by atoms with E-state index in [0.717, 1.165) is 61.5 Å². The molecule has 0 aliphatic carbocycles. The van der Waals surface area contributed by atoms with Crippen LogP contribution < -0.4 is 9.64 Å². The summed E-state index contributed by atoms with van der Waals surface area (Å²) >= 11 is 0. The maximum Gasteiger partial charge on any atom is 0.337 e. The lowest BCUT2D eigenvalue weighted by Crippen LogP contribution is -2.39. The van der Waals surface area contributed by atoms with E-state index >= 15 is 0 Å². The van der Waals surface area contributed by atoms with Gasteiger partial charge in [-0.05, 0) is 64.0 Å². The number of ether oxygens (including phenoxy) is 2. The molecule has 1 N–H and O–H groups in total. The molecule has 37 heavy (non-hydrogen) atoms. The molecule has 1 atom stereocenters. The third-order valence-corrected chi connectivity index (χ3v) is 7.33. The number of pyridine rings is 2. The van der Waals surface area contributed by atoms with E-state index in [4.69, 9.17) is 14.5 Å². The van der Waals surface area contributed by atoms with Crippen molar-refractivity contribution in [3.05, 3.63) is 35.8 Å². The number of aryl methyl sites for hydroxylation is 1. The quantitative estimate of drug-likeness (QED) is 0.374. The molecule has 0 radical (unpaired) electrons. The molecule has 1 saturated heterocycles. The Balaban J connectivity index is 2.08. The van der Waals surface area contributed by atoms with E-state index in [9.17, 15) is 9.90 Å². The van der Waals surface area contributed by atoms with Gasteiger partial charge in [-0.25, -0.2) is 4.79 Å². The second kappa shape index (κ2) is 11.8. The molecule has 0 bridgehead atoms. The highest BCUT2D eigenvalue weighted by atomic mass is 16.5. The van der Waals surface area contributed by atoms with Crippen LogP contribution in [0.5, 0.6) is 5.75 Å². The van der Waals surface area contributed by atoms with Crippen molar-refractivity contribution < 1.29 is 19.4 Å². The zero-order valence-corrected chi connectivity index (χ0v) is 23.9. The standard InChI is InChI=1S/C30H45N3O4/c1-9-21(10-2)19-36-22-11-12-24(32-17-22)23-18-31-20(3)25(27(28(34)35)37-29(4,5)6)26(23)33-15-13-30(7,8)14-16-33/h11-12,17-18,21,27H,9-10,13-16,19H2,1-8H3,(H,34,35). The SMILES string of the molecule is CCC(CC)COc1ccc(-c2cnc(C)c(C(OC(C)(C)C)C(=O)O)c2N2CCC(C)(C)CC2)nc1. The van der Waals surface area contributed by atoms with Crippen LogP contribution in [0.25, 0.3) is 11.3 Å². The van der Waals surface area contributed by atoms with Crippen molar-refractivity contribution in [1.82, 2.24) is 9.97 Å². The highest BCUT2D eigenvalue weighted by Gasteiger charge is 2.36. The van der Waals surface area contributed by atoms with Gasteiger partial charge in [0.25, 0.3) is 0 Å². The van der Waals surface area contributed by atoms with Crippen molar-refractivity contribution in [2.24, 2.45) is 11.3 Å². The summed E-state index contributed by atoms with van der Waals surface area (Å²) in [5, 5.41) is 10.3. The Hall–Kier alpha value is -2.67. The maximum atomic E-state index is 12.5. The van der Waals surface area contributed by atoms with Crippen LogP contribution in [-0.2, 0) is 9.53 Å². The van der Waals surface area contributed by atoms with Crippen LogP contribution in [0.4, 0.5) is 5.69 Å². The van der Waals surface area contributed by atoms with Crippen molar-refractivity contribution in [3.63, 3.8) is 0 Å². The van der Waals surface area contributed by atoms with Crippen LogP contribution in [0.2, 0.25) is 0 Å². The van der Waals surface area contributed by atoms with Gasteiger partial charge in [-0.2, -0.15) is 0 Å². The fourth-order valence-corrected chi connectivity index (χ4v) is 4.74. The highest BCUT2D eigenvalue weighted by Crippen LogP contribution is 2.43. The molecular formula is C30H45N3O4. The Morgan fingerprint density at radius 1 is 1.11 bits per heavy atom. The van der Waals surface area contributed by atoms with E-state index in [1.807, 2.05) is 46.0 Å². The Morgan fingerprint density at radius 3 is 2.27 bits per heavy atom. The second-order valence-corrected chi connectivity index (χ2v) is 12.0. The van der Waals surface area contributed by atoms with Gasteiger partial charge in [0.2, 0.25) is 0 Å². The molecule has 7 heteroatoms. The van der Waals surface area contributed by atoms with Crippen molar-refractivity contribution >= 4 is 11.7 Å². The predicted octanol–water partition coefficient (Wildman–Crippen LogP) is 6.83. The molecule has 1 aliphatic rings. The fraction of sp³-hybridized carbons (Fsp3) is 0.633. The monoisotopic (exact) mass is 511 g/mol. The van der Waals surface area contributed by atoms with E-state index in [1.165, 1.54) is 0 Å². The molecule has 0 aromatic carbocycles. The summed E-state index contributed by atoms with van der Waals surface area (Å²) in [5.41, 5.74) is 3.29. The van der Waals surface area contributed by atoms with E-state index in [0.29, 0.717) is 23.8 Å². The minimum atomic E-state index is -1.14. The van der Waals surface area contributed by atoms with Crippen LogP contribution in [-0.4, -0.2) is 46.3 Å². The summed E-state index contributed by atoms with van der Waals surface area (Å²) in [5.74, 6) is 0.236. The van der Waals surface area contributed by atoms with E-state index in [2.05, 4.69) is 37.6 Å². The first-order valence-corrected chi connectivity index (χ1v) is 13.6. The molecule has 0 spiro atoms. The Kier molecular flexibility index (Phi) is 9.22. The third-order valence-electron chi connectivity index (χ3n) is 7.33. The molecule has 204 valence electrons. The summed E-state index contributed by atoms with van der Waals surface area (Å²) < 4.78 is 12.1. The first-order chi connectivity index (χ1) is 17.3. The Labute approximate surface area is 222 Å².